The first-order chi connectivity index (χ1) is 5.77. The highest BCUT2D eigenvalue weighted by Crippen LogP contribution is 2.00. The van der Waals surface area contributed by atoms with Gasteiger partial charge in [-0.3, -0.25) is 10.7 Å². The van der Waals surface area contributed by atoms with Gasteiger partial charge in [-0.25, -0.2) is 4.21 Å². The van der Waals surface area contributed by atoms with E-state index in [2.05, 4.69) is 4.98 Å². The molecule has 0 aliphatic heterocycles. The smallest absolute Gasteiger partial charge is 0.114 e. The van der Waals surface area contributed by atoms with Crippen LogP contribution in [0.4, 0.5) is 0 Å². The Morgan fingerprint density at radius 1 is 1.75 bits per heavy atom. The van der Waals surface area contributed by atoms with Crippen LogP contribution in [0.5, 0.6) is 0 Å². The maximum atomic E-state index is 10.4. The van der Waals surface area contributed by atoms with Crippen molar-refractivity contribution in [3.05, 3.63) is 29.6 Å². The molecule has 0 aliphatic carbocycles. The summed E-state index contributed by atoms with van der Waals surface area (Å²) in [7, 11) is 0. The molecule has 1 aromatic heterocycles. The molecule has 0 unspecified atom stereocenters. The maximum Gasteiger partial charge on any atom is 0.114 e. The molecule has 64 valence electrons. The van der Waals surface area contributed by atoms with E-state index in [9.17, 15) is 4.21 Å². The Labute approximate surface area is 74.7 Å². The average Bonchev–Trinajstić information content (AvgIpc) is 2.17. The Morgan fingerprint density at radius 3 is 3.08 bits per heavy atom. The number of aromatic nitrogens is 1. The summed E-state index contributed by atoms with van der Waals surface area (Å²) < 4.78 is 10.4. The van der Waals surface area contributed by atoms with E-state index in [-0.39, 0.29) is 0 Å². The van der Waals surface area contributed by atoms with Crippen molar-refractivity contribution >= 4 is 16.2 Å². The molecule has 12 heavy (non-hydrogen) atoms. The largest absolute Gasteiger partial charge is 0.291 e. The molecule has 0 saturated carbocycles. The lowest BCUT2D eigenvalue weighted by Crippen LogP contribution is -2.13. The molecule has 4 heteroatoms. The van der Waals surface area contributed by atoms with Gasteiger partial charge in [-0.1, -0.05) is 6.92 Å². The summed E-state index contributed by atoms with van der Waals surface area (Å²) in [6, 6.07) is 3.57. The summed E-state index contributed by atoms with van der Waals surface area (Å²) >= 11 is 0.314. The van der Waals surface area contributed by atoms with E-state index in [0.29, 0.717) is 16.2 Å². The van der Waals surface area contributed by atoms with E-state index in [0.717, 1.165) is 17.7 Å². The predicted octanol–water partition coefficient (Wildman–Crippen LogP) is 0.294. The van der Waals surface area contributed by atoms with Crippen molar-refractivity contribution in [1.29, 1.82) is 0 Å². The van der Waals surface area contributed by atoms with Gasteiger partial charge in [0.05, 0.1) is 0 Å². The normalized spacial score (nSPS) is 9.50. The molecule has 1 heterocycles. The molecular weight excluding hydrogens is 172 g/mol. The second-order valence-corrected chi connectivity index (χ2v) is 2.94. The first-order valence-corrected chi connectivity index (χ1v) is 4.39. The van der Waals surface area contributed by atoms with Crippen LogP contribution in [0.1, 0.15) is 18.2 Å². The van der Waals surface area contributed by atoms with Crippen molar-refractivity contribution in [3.8, 4) is 0 Å². The molecule has 1 aromatic rings. The topological polar surface area (TPSA) is 56.0 Å². The van der Waals surface area contributed by atoms with Crippen LogP contribution in [0.2, 0.25) is 0 Å². The number of aryl methyl sites for hydroxylation is 1. The van der Waals surface area contributed by atoms with Crippen molar-refractivity contribution in [2.75, 3.05) is 0 Å². The molecule has 0 spiro atoms. The van der Waals surface area contributed by atoms with Crippen LogP contribution in [0.3, 0.4) is 0 Å². The monoisotopic (exact) mass is 182 g/mol. The van der Waals surface area contributed by atoms with Crippen molar-refractivity contribution < 1.29 is 4.21 Å². The second-order valence-electron chi connectivity index (χ2n) is 2.34. The molecule has 0 aromatic carbocycles. The molecular formula is C8H10N2OS. The molecule has 0 amide bonds. The first kappa shape index (κ1) is 9.09. The molecule has 0 atom stereocenters. The number of nitrogens with zero attached hydrogens (tertiary/aromatic N) is 1. The zero-order chi connectivity index (χ0) is 8.97. The molecule has 2 N–H and O–H groups in total. The lowest BCUT2D eigenvalue weighted by atomic mass is 10.2. The fourth-order valence-corrected chi connectivity index (χ4v) is 1.10. The van der Waals surface area contributed by atoms with E-state index < -0.39 is 0 Å². The van der Waals surface area contributed by atoms with E-state index in [1.54, 1.807) is 12.3 Å². The van der Waals surface area contributed by atoms with Gasteiger partial charge < -0.3 is 0 Å². The van der Waals surface area contributed by atoms with Gasteiger partial charge in [-0.2, -0.15) is 0 Å². The SMILES string of the molecule is CCc1cc(C(N)=S=O)ccn1. The Bertz CT molecular complexity index is 332. The van der Waals surface area contributed by atoms with Crippen LogP contribution < -0.4 is 5.73 Å². The molecule has 0 aliphatic rings. The van der Waals surface area contributed by atoms with Gasteiger partial charge in [0.2, 0.25) is 0 Å². The van der Waals surface area contributed by atoms with Gasteiger partial charge in [-0.05, 0) is 18.6 Å². The van der Waals surface area contributed by atoms with E-state index in [1.165, 1.54) is 0 Å². The summed E-state index contributed by atoms with van der Waals surface area (Å²) in [5.41, 5.74) is 7.17. The lowest BCUT2D eigenvalue weighted by Gasteiger charge is -1.98. The predicted molar refractivity (Wildman–Crippen MR) is 50.1 cm³/mol. The third-order valence-corrected chi connectivity index (χ3v) is 1.97. The summed E-state index contributed by atoms with van der Waals surface area (Å²) in [6.45, 7) is 2.01. The number of rotatable bonds is 2. The molecule has 0 radical (unpaired) electrons. The lowest BCUT2D eigenvalue weighted by molar-refractivity contribution is 0.701. The van der Waals surface area contributed by atoms with Crippen LogP contribution >= 0.6 is 0 Å². The second kappa shape index (κ2) is 4.13. The summed E-state index contributed by atoms with van der Waals surface area (Å²) in [5.74, 6) is 0. The summed E-state index contributed by atoms with van der Waals surface area (Å²) in [5, 5.41) is 0. The molecule has 1 rings (SSSR count). The van der Waals surface area contributed by atoms with Crippen LogP contribution in [0, 0.1) is 0 Å². The highest BCUT2D eigenvalue weighted by atomic mass is 32.1. The highest BCUT2D eigenvalue weighted by Gasteiger charge is 1.97. The van der Waals surface area contributed by atoms with Gasteiger partial charge in [-0.15, -0.1) is 0 Å². The number of nitrogens with two attached hydrogens (primary N) is 1. The van der Waals surface area contributed by atoms with Crippen molar-refractivity contribution in [3.63, 3.8) is 0 Å². The Hall–Kier alpha value is -1.00. The Balaban J connectivity index is 3.10. The molecule has 0 saturated heterocycles. The van der Waals surface area contributed by atoms with Crippen LogP contribution in [-0.4, -0.2) is 14.2 Å². The van der Waals surface area contributed by atoms with Gasteiger partial charge in [0.15, 0.2) is 0 Å². The van der Waals surface area contributed by atoms with Crippen molar-refractivity contribution in [2.45, 2.75) is 13.3 Å². The van der Waals surface area contributed by atoms with Crippen LogP contribution in [-0.2, 0) is 17.7 Å². The van der Waals surface area contributed by atoms with Crippen molar-refractivity contribution in [1.82, 2.24) is 4.98 Å². The third kappa shape index (κ3) is 1.99. The third-order valence-electron chi connectivity index (χ3n) is 1.55. The molecule has 0 fully saturated rings. The fraction of sp³-hybridized carbons (Fsp3) is 0.250. The van der Waals surface area contributed by atoms with Crippen molar-refractivity contribution in [2.24, 2.45) is 5.73 Å². The summed E-state index contributed by atoms with van der Waals surface area (Å²) in [4.78, 5) is 4.39. The zero-order valence-corrected chi connectivity index (χ0v) is 7.60. The standard InChI is InChI=1S/C8H10N2OS/c1-2-7-5-6(3-4-10-7)8(9)12-11/h3-5H,2,9H2,1H3. The minimum Gasteiger partial charge on any atom is -0.291 e. The number of hydrogen-bond acceptors (Lipinski definition) is 2. The van der Waals surface area contributed by atoms with Gasteiger partial charge in [0.25, 0.3) is 0 Å². The number of hydrogen-bond donors (Lipinski definition) is 1. The quantitative estimate of drug-likeness (QED) is 0.669. The molecule has 0 bridgehead atoms. The fourth-order valence-electron chi connectivity index (χ4n) is 0.873. The zero-order valence-electron chi connectivity index (χ0n) is 6.78. The highest BCUT2D eigenvalue weighted by molar-refractivity contribution is 7.66. The van der Waals surface area contributed by atoms with Crippen LogP contribution in [0.15, 0.2) is 18.3 Å². The summed E-state index contributed by atoms with van der Waals surface area (Å²) in [6.07, 6.45) is 2.52. The van der Waals surface area contributed by atoms with E-state index >= 15 is 0 Å². The number of pyridine rings is 1. The molecule has 3 nitrogen and oxygen atoms in total. The average molecular weight is 182 g/mol. The minimum absolute atomic E-state index is 0.298. The Kier molecular flexibility index (Phi) is 3.13. The van der Waals surface area contributed by atoms with Crippen LogP contribution in [0.25, 0.3) is 0 Å². The van der Waals surface area contributed by atoms with Gasteiger partial charge in [0, 0.05) is 17.5 Å². The Morgan fingerprint density at radius 2 is 2.50 bits per heavy atom. The van der Waals surface area contributed by atoms with E-state index in [1.807, 2.05) is 13.0 Å². The minimum atomic E-state index is 0.298. The van der Waals surface area contributed by atoms with Gasteiger partial charge >= 0.3 is 0 Å². The van der Waals surface area contributed by atoms with Gasteiger partial charge in [0.1, 0.15) is 16.2 Å². The first-order valence-electron chi connectivity index (χ1n) is 3.65. The maximum absolute atomic E-state index is 10.4. The van der Waals surface area contributed by atoms with E-state index in [4.69, 9.17) is 5.73 Å².